The van der Waals surface area contributed by atoms with Crippen LogP contribution in [0.25, 0.3) is 21.9 Å². The van der Waals surface area contributed by atoms with E-state index in [-0.39, 0.29) is 42.8 Å². The van der Waals surface area contributed by atoms with E-state index in [1.807, 2.05) is 42.5 Å². The summed E-state index contributed by atoms with van der Waals surface area (Å²) >= 11 is 0. The van der Waals surface area contributed by atoms with E-state index < -0.39 is 24.5 Å². The zero-order valence-corrected chi connectivity index (χ0v) is 34.0. The lowest BCUT2D eigenvalue weighted by Gasteiger charge is -2.32. The number of hydrogen-bond acceptors (Lipinski definition) is 12. The molecule has 0 saturated heterocycles. The molecule has 1 saturated carbocycles. The van der Waals surface area contributed by atoms with E-state index in [0.29, 0.717) is 54.2 Å². The van der Waals surface area contributed by atoms with Crippen LogP contribution in [0.2, 0.25) is 0 Å². The number of Topliss-reactive ketones (excluding diaryl/α,β-unsaturated/α-hetero) is 1. The second kappa shape index (κ2) is 20.3. The summed E-state index contributed by atoms with van der Waals surface area (Å²) in [6.45, 7) is 1.86. The molecule has 0 bridgehead atoms. The number of carbonyl (C=O) groups is 1. The number of aryl methyl sites for hydroxylation is 1. The summed E-state index contributed by atoms with van der Waals surface area (Å²) in [5.41, 5.74) is 5.67. The molecule has 302 valence electrons. The molecule has 12 heteroatoms. The number of ketones is 1. The summed E-state index contributed by atoms with van der Waals surface area (Å²) in [5, 5.41) is 61.6. The van der Waals surface area contributed by atoms with Crippen LogP contribution in [0.3, 0.4) is 0 Å². The van der Waals surface area contributed by atoms with Gasteiger partial charge in [-0.05, 0) is 102 Å². The first-order valence-electron chi connectivity index (χ1n) is 19.8. The molecule has 10 nitrogen and oxygen atoms in total. The van der Waals surface area contributed by atoms with Crippen molar-refractivity contribution in [1.29, 1.82) is 0 Å². The summed E-state index contributed by atoms with van der Waals surface area (Å²) in [6.07, 6.45) is 5.04. The molecule has 4 unspecified atom stereocenters. The Kier molecular flexibility index (Phi) is 15.3. The minimum atomic E-state index is -0.625. The Balaban J connectivity index is 1.31. The number of nitrogens with one attached hydrogen (secondary N) is 2. The van der Waals surface area contributed by atoms with Crippen LogP contribution >= 0.6 is 21.6 Å². The van der Waals surface area contributed by atoms with Crippen molar-refractivity contribution in [3.63, 3.8) is 0 Å². The van der Waals surface area contributed by atoms with Gasteiger partial charge < -0.3 is 40.3 Å². The normalized spacial score (nSPS) is 20.2. The van der Waals surface area contributed by atoms with Crippen LogP contribution in [0.4, 0.5) is 5.69 Å². The fraction of sp³-hybridized carbons (Fsp3) is 0.477. The maximum Gasteiger partial charge on any atom is 0.168 e. The molecule has 0 radical (unpaired) electrons. The van der Waals surface area contributed by atoms with Crippen LogP contribution in [0.15, 0.2) is 60.7 Å². The summed E-state index contributed by atoms with van der Waals surface area (Å²) in [7, 11) is 4.73. The Bertz CT molecular complexity index is 1940. The van der Waals surface area contributed by atoms with Crippen LogP contribution in [0.1, 0.15) is 93.2 Å². The SMILES string of the molecule is COc1c(O)ccc2c1-c1ccc3ccc(O)cc3c1CSSCC(O)CCC(OC(NC1CCCCC1)c1ccc(NCC(C)O)c(CO)c1)CC(=O)CC2. The summed E-state index contributed by atoms with van der Waals surface area (Å²) < 4.78 is 12.7. The lowest BCUT2D eigenvalue weighted by Crippen LogP contribution is -2.38. The summed E-state index contributed by atoms with van der Waals surface area (Å²) in [6, 6.07) is 18.8. The molecular formula is C44H56N2O8S2. The minimum Gasteiger partial charge on any atom is -0.508 e. The van der Waals surface area contributed by atoms with E-state index in [4.69, 9.17) is 9.47 Å². The minimum absolute atomic E-state index is 0.000169. The van der Waals surface area contributed by atoms with Crippen LogP contribution in [0.5, 0.6) is 17.2 Å². The molecular weight excluding hydrogens is 749 g/mol. The van der Waals surface area contributed by atoms with Crippen LogP contribution in [-0.4, -0.2) is 75.1 Å². The molecule has 0 amide bonds. The number of carbonyl (C=O) groups excluding carboxylic acids is 1. The Morgan fingerprint density at radius 1 is 0.929 bits per heavy atom. The second-order valence-electron chi connectivity index (χ2n) is 15.1. The van der Waals surface area contributed by atoms with Gasteiger partial charge in [0.1, 0.15) is 17.8 Å². The quantitative estimate of drug-likeness (QED) is 0.0610. The molecule has 1 aliphatic heterocycles. The molecule has 1 heterocycles. The van der Waals surface area contributed by atoms with Gasteiger partial charge in [0.05, 0.1) is 32.0 Å². The predicted octanol–water partition coefficient (Wildman–Crippen LogP) is 8.15. The zero-order valence-electron chi connectivity index (χ0n) is 32.3. The number of aliphatic hydroxyl groups excluding tert-OH is 3. The average molecular weight is 805 g/mol. The van der Waals surface area contributed by atoms with Crippen LogP contribution in [0, 0.1) is 0 Å². The number of aliphatic hydroxyl groups is 3. The molecule has 4 aromatic rings. The van der Waals surface area contributed by atoms with Crippen molar-refractivity contribution in [3.05, 3.63) is 82.9 Å². The number of anilines is 1. The van der Waals surface area contributed by atoms with Gasteiger partial charge in [0, 0.05) is 53.7 Å². The molecule has 4 atom stereocenters. The van der Waals surface area contributed by atoms with Gasteiger partial charge in [-0.3, -0.25) is 10.1 Å². The summed E-state index contributed by atoms with van der Waals surface area (Å²) in [4.78, 5) is 14.0. The zero-order chi connectivity index (χ0) is 39.6. The largest absolute Gasteiger partial charge is 0.508 e. The molecule has 7 N–H and O–H groups in total. The van der Waals surface area contributed by atoms with E-state index in [1.165, 1.54) is 13.5 Å². The number of ether oxygens (including phenoxy) is 2. The number of fused-ring (bicyclic) bond motifs is 5. The molecule has 2 aliphatic rings. The molecule has 56 heavy (non-hydrogen) atoms. The van der Waals surface area contributed by atoms with Gasteiger partial charge in [-0.2, -0.15) is 0 Å². The lowest BCUT2D eigenvalue weighted by molar-refractivity contribution is -0.124. The van der Waals surface area contributed by atoms with Gasteiger partial charge in [-0.15, -0.1) is 0 Å². The highest BCUT2D eigenvalue weighted by Gasteiger charge is 2.27. The van der Waals surface area contributed by atoms with E-state index in [1.54, 1.807) is 46.7 Å². The number of hydrogen-bond donors (Lipinski definition) is 7. The van der Waals surface area contributed by atoms with Crippen molar-refractivity contribution in [2.75, 3.05) is 24.7 Å². The third kappa shape index (κ3) is 10.9. The van der Waals surface area contributed by atoms with Crippen LogP contribution in [-0.2, 0) is 28.3 Å². The van der Waals surface area contributed by atoms with Crippen molar-refractivity contribution in [1.82, 2.24) is 5.32 Å². The molecule has 0 aromatic heterocycles. The third-order valence-corrected chi connectivity index (χ3v) is 13.2. The topological polar surface area (TPSA) is 161 Å². The molecule has 1 fully saturated rings. The van der Waals surface area contributed by atoms with E-state index >= 15 is 0 Å². The maximum atomic E-state index is 14.0. The van der Waals surface area contributed by atoms with Gasteiger partial charge in [0.15, 0.2) is 11.5 Å². The smallest absolute Gasteiger partial charge is 0.168 e. The van der Waals surface area contributed by atoms with Crippen molar-refractivity contribution >= 4 is 43.8 Å². The highest BCUT2D eigenvalue weighted by Crippen LogP contribution is 2.46. The molecule has 0 spiro atoms. The van der Waals surface area contributed by atoms with Gasteiger partial charge in [-0.1, -0.05) is 71.2 Å². The standard InChI is InChI=1S/C44H56N2O8S2/c1-27(48)23-45-40-18-11-30(20-31(40)24-47)44(46-32-6-4-3-5-7-32)54-36-16-15-35(51)25-55-56-26-39-37(17-10-28-8-13-34(50)22-38(28)39)42-29(9-14-33(49)21-36)12-19-41(52)43(42)53-2/h8,10-13,17-20,22,27,32,35-36,44-48,50-52H,3-7,9,14-16,21,23-26H2,1-2H3. The Labute approximate surface area is 337 Å². The first kappa shape index (κ1) is 42.1. The first-order chi connectivity index (χ1) is 27.1. The van der Waals surface area contributed by atoms with Gasteiger partial charge in [0.2, 0.25) is 0 Å². The molecule has 6 rings (SSSR count). The Morgan fingerprint density at radius 2 is 1.73 bits per heavy atom. The Hall–Kier alpha value is -3.49. The fourth-order valence-corrected chi connectivity index (χ4v) is 10.1. The van der Waals surface area contributed by atoms with Crippen molar-refractivity contribution in [2.45, 2.75) is 114 Å². The maximum absolute atomic E-state index is 14.0. The fourth-order valence-electron chi connectivity index (χ4n) is 7.85. The van der Waals surface area contributed by atoms with E-state index in [0.717, 1.165) is 64.4 Å². The monoisotopic (exact) mass is 804 g/mol. The van der Waals surface area contributed by atoms with Gasteiger partial charge in [0.25, 0.3) is 0 Å². The van der Waals surface area contributed by atoms with Crippen molar-refractivity contribution in [2.24, 2.45) is 0 Å². The van der Waals surface area contributed by atoms with Crippen LogP contribution < -0.4 is 15.4 Å². The second-order valence-corrected chi connectivity index (χ2v) is 17.6. The number of rotatable bonds is 10. The summed E-state index contributed by atoms with van der Waals surface area (Å²) in [5.74, 6) is 1.55. The van der Waals surface area contributed by atoms with Crippen molar-refractivity contribution < 1.29 is 39.8 Å². The number of methoxy groups -OCH3 is 1. The van der Waals surface area contributed by atoms with Crippen molar-refractivity contribution in [3.8, 4) is 28.4 Å². The van der Waals surface area contributed by atoms with Gasteiger partial charge >= 0.3 is 0 Å². The van der Waals surface area contributed by atoms with E-state index in [2.05, 4.69) is 10.6 Å². The number of phenolic OH excluding ortho intramolecular Hbond substituents is 2. The van der Waals surface area contributed by atoms with Gasteiger partial charge in [-0.25, -0.2) is 0 Å². The number of aromatic hydroxyl groups is 2. The average Bonchev–Trinajstić information content (AvgIpc) is 3.19. The number of phenols is 2. The highest BCUT2D eigenvalue weighted by molar-refractivity contribution is 8.76. The Morgan fingerprint density at radius 3 is 2.50 bits per heavy atom. The third-order valence-electron chi connectivity index (χ3n) is 10.8. The molecule has 1 aliphatic carbocycles. The van der Waals surface area contributed by atoms with E-state index in [9.17, 15) is 30.3 Å². The highest BCUT2D eigenvalue weighted by atomic mass is 33.1. The number of benzene rings is 4. The lowest BCUT2D eigenvalue weighted by atomic mass is 9.89. The first-order valence-corrected chi connectivity index (χ1v) is 22.3. The predicted molar refractivity (Wildman–Crippen MR) is 226 cm³/mol. The molecule has 4 aromatic carbocycles.